The highest BCUT2D eigenvalue weighted by Crippen LogP contribution is 2.48. The van der Waals surface area contributed by atoms with Crippen LogP contribution in [-0.2, 0) is 27.9 Å². The summed E-state index contributed by atoms with van der Waals surface area (Å²) < 4.78 is 29.1. The minimum absolute atomic E-state index is 0.0950. The standard InChI is InChI=1S/C18H26BrO6P/c1-4-9-18(21)25-17(15-10-7-8-11-16(15)19)12-14(20)13-26(22,23-5-2)24-6-3/h7-8,10-11,17H,4-6,9,12-13H2,1-3H3. The van der Waals surface area contributed by atoms with Crippen LogP contribution >= 0.6 is 23.5 Å². The SMILES string of the molecule is CCCC(=O)OC(CC(=O)CP(=O)(OCC)OCC)c1ccccc1Br. The Bertz CT molecular complexity index is 638. The fourth-order valence-corrected chi connectivity index (χ4v) is 4.53. The average molecular weight is 449 g/mol. The molecular formula is C18H26BrO6P. The predicted octanol–water partition coefficient (Wildman–Crippen LogP) is 5.06. The van der Waals surface area contributed by atoms with Crippen LogP contribution in [0.3, 0.4) is 0 Å². The summed E-state index contributed by atoms with van der Waals surface area (Å²) in [6.45, 7) is 5.62. The molecule has 1 unspecified atom stereocenters. The summed E-state index contributed by atoms with van der Waals surface area (Å²) in [6, 6.07) is 7.23. The molecule has 0 amide bonds. The van der Waals surface area contributed by atoms with Crippen molar-refractivity contribution in [2.24, 2.45) is 0 Å². The largest absolute Gasteiger partial charge is 0.457 e. The lowest BCUT2D eigenvalue weighted by Gasteiger charge is -2.21. The van der Waals surface area contributed by atoms with E-state index >= 15 is 0 Å². The van der Waals surface area contributed by atoms with Gasteiger partial charge in [-0.1, -0.05) is 41.1 Å². The Kier molecular flexibility index (Phi) is 10.3. The van der Waals surface area contributed by atoms with Gasteiger partial charge in [0, 0.05) is 22.9 Å². The first-order valence-electron chi connectivity index (χ1n) is 8.68. The lowest BCUT2D eigenvalue weighted by Crippen LogP contribution is -2.18. The molecule has 1 aromatic carbocycles. The van der Waals surface area contributed by atoms with Gasteiger partial charge in [-0.25, -0.2) is 0 Å². The monoisotopic (exact) mass is 448 g/mol. The van der Waals surface area contributed by atoms with Crippen LogP contribution < -0.4 is 0 Å². The molecule has 0 aliphatic rings. The van der Waals surface area contributed by atoms with E-state index in [2.05, 4.69) is 15.9 Å². The quantitative estimate of drug-likeness (QED) is 0.328. The number of halogens is 1. The van der Waals surface area contributed by atoms with Crippen LogP contribution in [0.1, 0.15) is 51.7 Å². The highest BCUT2D eigenvalue weighted by Gasteiger charge is 2.30. The van der Waals surface area contributed by atoms with E-state index in [1.807, 2.05) is 19.1 Å². The Morgan fingerprint density at radius 3 is 2.27 bits per heavy atom. The number of Topliss-reactive ketones (excluding diaryl/α,β-unsaturated/α-hetero) is 1. The molecule has 0 radical (unpaired) electrons. The van der Waals surface area contributed by atoms with Gasteiger partial charge >= 0.3 is 13.6 Å². The van der Waals surface area contributed by atoms with Gasteiger partial charge in [0.2, 0.25) is 0 Å². The molecule has 0 spiro atoms. The van der Waals surface area contributed by atoms with Crippen molar-refractivity contribution >= 4 is 35.3 Å². The molecule has 0 aliphatic heterocycles. The molecule has 0 aromatic heterocycles. The molecular weight excluding hydrogens is 423 g/mol. The Labute approximate surface area is 163 Å². The molecule has 0 aliphatic carbocycles. The maximum Gasteiger partial charge on any atom is 0.338 e. The highest BCUT2D eigenvalue weighted by atomic mass is 79.9. The van der Waals surface area contributed by atoms with Gasteiger partial charge in [-0.15, -0.1) is 0 Å². The van der Waals surface area contributed by atoms with Gasteiger partial charge in [0.25, 0.3) is 0 Å². The molecule has 1 rings (SSSR count). The molecule has 1 atom stereocenters. The molecule has 0 heterocycles. The molecule has 26 heavy (non-hydrogen) atoms. The van der Waals surface area contributed by atoms with E-state index in [9.17, 15) is 14.2 Å². The third-order valence-electron chi connectivity index (χ3n) is 3.41. The molecule has 0 bridgehead atoms. The minimum atomic E-state index is -3.48. The highest BCUT2D eigenvalue weighted by molar-refractivity contribution is 9.10. The number of esters is 1. The van der Waals surface area contributed by atoms with E-state index in [0.29, 0.717) is 12.0 Å². The van der Waals surface area contributed by atoms with Gasteiger partial charge in [0.05, 0.1) is 13.2 Å². The summed E-state index contributed by atoms with van der Waals surface area (Å²) in [6.07, 6.45) is -0.276. The number of ketones is 1. The molecule has 8 heteroatoms. The average Bonchev–Trinajstić information content (AvgIpc) is 2.55. The first-order chi connectivity index (χ1) is 12.3. The van der Waals surface area contributed by atoms with Crippen LogP contribution in [0.5, 0.6) is 0 Å². The smallest absolute Gasteiger partial charge is 0.338 e. The summed E-state index contributed by atoms with van der Waals surface area (Å²) in [5.74, 6) is -0.723. The zero-order valence-electron chi connectivity index (χ0n) is 15.4. The first-order valence-corrected chi connectivity index (χ1v) is 11.2. The van der Waals surface area contributed by atoms with Gasteiger partial charge < -0.3 is 13.8 Å². The first kappa shape index (κ1) is 23.0. The van der Waals surface area contributed by atoms with E-state index < -0.39 is 13.7 Å². The molecule has 0 N–H and O–H groups in total. The predicted molar refractivity (Wildman–Crippen MR) is 103 cm³/mol. The Hall–Kier alpha value is -1.01. The van der Waals surface area contributed by atoms with Gasteiger partial charge in [-0.05, 0) is 26.3 Å². The summed E-state index contributed by atoms with van der Waals surface area (Å²) in [7, 11) is -3.48. The van der Waals surface area contributed by atoms with Gasteiger partial charge in [-0.3, -0.25) is 14.2 Å². The van der Waals surface area contributed by atoms with Crippen LogP contribution in [0.2, 0.25) is 0 Å². The molecule has 0 saturated carbocycles. The van der Waals surface area contributed by atoms with Crippen molar-refractivity contribution in [2.75, 3.05) is 19.4 Å². The zero-order chi connectivity index (χ0) is 19.6. The lowest BCUT2D eigenvalue weighted by atomic mass is 10.0. The van der Waals surface area contributed by atoms with Crippen molar-refractivity contribution in [3.8, 4) is 0 Å². The van der Waals surface area contributed by atoms with E-state index in [1.54, 1.807) is 26.0 Å². The van der Waals surface area contributed by atoms with Gasteiger partial charge in [0.15, 0.2) is 0 Å². The molecule has 6 nitrogen and oxygen atoms in total. The van der Waals surface area contributed by atoms with Gasteiger partial charge in [-0.2, -0.15) is 0 Å². The Balaban J connectivity index is 2.94. The van der Waals surface area contributed by atoms with E-state index in [0.717, 1.165) is 4.47 Å². The van der Waals surface area contributed by atoms with Crippen molar-refractivity contribution in [3.05, 3.63) is 34.3 Å². The fourth-order valence-electron chi connectivity index (χ4n) is 2.38. The van der Waals surface area contributed by atoms with Gasteiger partial charge in [0.1, 0.15) is 18.0 Å². The second-order valence-corrected chi connectivity index (χ2v) is 8.51. The molecule has 0 fully saturated rings. The number of rotatable bonds is 12. The molecule has 146 valence electrons. The van der Waals surface area contributed by atoms with E-state index in [-0.39, 0.29) is 44.0 Å². The number of benzene rings is 1. The molecule has 0 saturated heterocycles. The van der Waals surface area contributed by atoms with Crippen molar-refractivity contribution in [1.82, 2.24) is 0 Å². The third-order valence-corrected chi connectivity index (χ3v) is 6.18. The van der Waals surface area contributed by atoms with Crippen molar-refractivity contribution < 1.29 is 27.9 Å². The summed E-state index contributed by atoms with van der Waals surface area (Å²) in [4.78, 5) is 24.5. The summed E-state index contributed by atoms with van der Waals surface area (Å²) >= 11 is 3.42. The topological polar surface area (TPSA) is 78.9 Å². The van der Waals surface area contributed by atoms with Crippen LogP contribution in [0.15, 0.2) is 28.7 Å². The number of hydrogen-bond acceptors (Lipinski definition) is 6. The number of ether oxygens (including phenoxy) is 1. The second kappa shape index (κ2) is 11.7. The lowest BCUT2D eigenvalue weighted by molar-refractivity contribution is -0.150. The van der Waals surface area contributed by atoms with Crippen molar-refractivity contribution in [3.63, 3.8) is 0 Å². The summed E-state index contributed by atoms with van der Waals surface area (Å²) in [5.41, 5.74) is 0.688. The van der Waals surface area contributed by atoms with Crippen LogP contribution in [0.25, 0.3) is 0 Å². The second-order valence-electron chi connectivity index (χ2n) is 5.60. The fraction of sp³-hybridized carbons (Fsp3) is 0.556. The maximum atomic E-state index is 12.6. The molecule has 1 aromatic rings. The number of carbonyl (C=O) groups excluding carboxylic acids is 2. The van der Waals surface area contributed by atoms with Crippen LogP contribution in [0, 0.1) is 0 Å². The van der Waals surface area contributed by atoms with Crippen molar-refractivity contribution in [2.45, 2.75) is 46.1 Å². The number of hydrogen-bond donors (Lipinski definition) is 0. The Morgan fingerprint density at radius 2 is 1.73 bits per heavy atom. The van der Waals surface area contributed by atoms with Crippen LogP contribution in [-0.4, -0.2) is 31.1 Å². The third kappa shape index (κ3) is 7.70. The van der Waals surface area contributed by atoms with E-state index in [4.69, 9.17) is 13.8 Å². The Morgan fingerprint density at radius 1 is 1.12 bits per heavy atom. The van der Waals surface area contributed by atoms with Crippen LogP contribution in [0.4, 0.5) is 0 Å². The van der Waals surface area contributed by atoms with E-state index in [1.165, 1.54) is 0 Å². The number of carbonyl (C=O) groups is 2. The minimum Gasteiger partial charge on any atom is -0.457 e. The van der Waals surface area contributed by atoms with Crippen molar-refractivity contribution in [1.29, 1.82) is 0 Å². The zero-order valence-corrected chi connectivity index (χ0v) is 17.9. The summed E-state index contributed by atoms with van der Waals surface area (Å²) in [5, 5.41) is 0. The maximum absolute atomic E-state index is 12.6. The normalized spacial score (nSPS) is 12.6.